The maximum atomic E-state index is 12.9. The Bertz CT molecular complexity index is 566. The molecule has 11 heteroatoms. The fraction of sp³-hybridized carbons (Fsp3) is 0.913. The van der Waals surface area contributed by atoms with Crippen LogP contribution in [-0.4, -0.2) is 109 Å². The summed E-state index contributed by atoms with van der Waals surface area (Å²) < 4.78 is 0. The molecule has 0 radical (unpaired) electrons. The highest BCUT2D eigenvalue weighted by molar-refractivity contribution is 5.79. The summed E-state index contributed by atoms with van der Waals surface area (Å²) in [7, 11) is 0. The van der Waals surface area contributed by atoms with E-state index in [1.54, 1.807) is 0 Å². The van der Waals surface area contributed by atoms with Crippen LogP contribution in [0.2, 0.25) is 0 Å². The largest absolute Gasteiger partial charge is 0.356 e. The molecule has 0 aromatic heterocycles. The molecule has 3 aliphatic heterocycles. The van der Waals surface area contributed by atoms with E-state index in [1.165, 1.54) is 0 Å². The summed E-state index contributed by atoms with van der Waals surface area (Å²) in [6, 6.07) is 0. The minimum atomic E-state index is -0.455. The van der Waals surface area contributed by atoms with Crippen molar-refractivity contribution in [3.8, 4) is 0 Å². The fourth-order valence-corrected chi connectivity index (χ4v) is 4.38. The second-order valence-corrected chi connectivity index (χ2v) is 10.0. The lowest BCUT2D eigenvalue weighted by molar-refractivity contribution is -0.123. The number of carbonyl (C=O) groups excluding carboxylic acids is 2. The van der Waals surface area contributed by atoms with Gasteiger partial charge in [0.2, 0.25) is 11.8 Å². The average Bonchev–Trinajstić information content (AvgIpc) is 2.80. The lowest BCUT2D eigenvalue weighted by atomic mass is 9.90. The number of nitrogens with one attached hydrogen (secondary N) is 8. The number of carbonyl (C=O) groups is 2. The van der Waals surface area contributed by atoms with E-state index in [0.29, 0.717) is 52.0 Å². The maximum Gasteiger partial charge on any atom is 0.220 e. The summed E-state index contributed by atoms with van der Waals surface area (Å²) in [4.78, 5) is 24.8. The van der Waals surface area contributed by atoms with Gasteiger partial charge < -0.3 is 48.3 Å². The molecule has 10 N–H and O–H groups in total. The van der Waals surface area contributed by atoms with Crippen LogP contribution in [0.15, 0.2) is 0 Å². The predicted molar refractivity (Wildman–Crippen MR) is 145 cm³/mol. The van der Waals surface area contributed by atoms with Gasteiger partial charge >= 0.3 is 0 Å². The van der Waals surface area contributed by atoms with Crippen LogP contribution in [-0.2, 0) is 9.59 Å². The van der Waals surface area contributed by atoms with Gasteiger partial charge in [-0.1, -0.05) is 6.92 Å². The van der Waals surface area contributed by atoms with Crippen LogP contribution in [0.4, 0.5) is 0 Å². The molecule has 0 saturated carbocycles. The summed E-state index contributed by atoms with van der Waals surface area (Å²) in [5.74, 6) is -0.0449. The maximum absolute atomic E-state index is 12.9. The van der Waals surface area contributed by atoms with Gasteiger partial charge in [-0.15, -0.1) is 0 Å². The molecule has 0 spiro atoms. The minimum Gasteiger partial charge on any atom is -0.356 e. The van der Waals surface area contributed by atoms with E-state index in [0.717, 1.165) is 65.3 Å². The first-order valence-electron chi connectivity index (χ1n) is 13.0. The van der Waals surface area contributed by atoms with Crippen molar-refractivity contribution < 1.29 is 15.3 Å². The lowest BCUT2D eigenvalue weighted by Crippen LogP contribution is -2.66. The molecule has 0 aromatic carbocycles. The van der Waals surface area contributed by atoms with E-state index in [9.17, 15) is 9.59 Å². The summed E-state index contributed by atoms with van der Waals surface area (Å²) in [5.41, 5.74) is 5.15. The van der Waals surface area contributed by atoms with Gasteiger partial charge in [0.05, 0.1) is 5.54 Å². The van der Waals surface area contributed by atoms with Gasteiger partial charge in [-0.25, -0.2) is 0 Å². The van der Waals surface area contributed by atoms with Crippen molar-refractivity contribution in [3.05, 3.63) is 0 Å². The number of nitrogens with two attached hydrogens (primary N) is 1. The van der Waals surface area contributed by atoms with Crippen LogP contribution in [0.1, 0.15) is 38.3 Å². The lowest BCUT2D eigenvalue weighted by Gasteiger charge is -2.37. The average molecular weight is 492 g/mol. The molecule has 2 amide bonds. The summed E-state index contributed by atoms with van der Waals surface area (Å²) in [6.07, 6.45) is 1.97. The molecule has 3 aliphatic rings. The Morgan fingerprint density at radius 3 is 1.65 bits per heavy atom. The number of hydrogen-bond donors (Lipinski definition) is 9. The molecule has 206 valence electrons. The van der Waals surface area contributed by atoms with Crippen molar-refractivity contribution in [2.45, 2.75) is 38.1 Å². The quantitative estimate of drug-likeness (QED) is 0.176. The zero-order valence-electron chi connectivity index (χ0n) is 21.1. The fourth-order valence-electron chi connectivity index (χ4n) is 4.38. The van der Waals surface area contributed by atoms with E-state index in [-0.39, 0.29) is 22.9 Å². The molecule has 0 aliphatic carbocycles. The zero-order chi connectivity index (χ0) is 24.5. The van der Waals surface area contributed by atoms with Crippen LogP contribution in [0.25, 0.3) is 0 Å². The Morgan fingerprint density at radius 1 is 0.735 bits per heavy atom. The predicted octanol–water partition coefficient (Wildman–Crippen LogP) is -1.97. The summed E-state index contributed by atoms with van der Waals surface area (Å²) in [5, 5.41) is 27.6. The van der Waals surface area contributed by atoms with Crippen molar-refractivity contribution in [1.82, 2.24) is 42.5 Å². The normalized spacial score (nSPS) is 27.9. The number of amides is 2. The third-order valence-corrected chi connectivity index (χ3v) is 6.40. The van der Waals surface area contributed by atoms with Crippen molar-refractivity contribution in [3.63, 3.8) is 0 Å². The number of fused-ring (bicyclic) bond motifs is 15. The standard InChI is InChI=1S/C23H49N9O2.4H2/c1-22-14-25-8-11-28-17-23(18-29-12-9-26-15-22,19-30-13-10-27-16-22)32-21(34)5-2-4-20(33)31-7-3-6-24;;;;/h25-30H,2-19,24H2,1H3,(H,31,33)(H,32,34);4*1H. The molecule has 11 nitrogen and oxygen atoms in total. The highest BCUT2D eigenvalue weighted by Gasteiger charge is 2.32. The second kappa shape index (κ2) is 16.4. The van der Waals surface area contributed by atoms with E-state index < -0.39 is 5.54 Å². The van der Waals surface area contributed by atoms with Gasteiger partial charge in [0.25, 0.3) is 0 Å². The van der Waals surface area contributed by atoms with Crippen molar-refractivity contribution in [2.75, 3.05) is 91.6 Å². The molecule has 0 unspecified atom stereocenters. The molecule has 3 heterocycles. The highest BCUT2D eigenvalue weighted by atomic mass is 16.2. The Labute approximate surface area is 211 Å². The van der Waals surface area contributed by atoms with E-state index in [4.69, 9.17) is 5.73 Å². The molecule has 2 bridgehead atoms. The third kappa shape index (κ3) is 11.9. The van der Waals surface area contributed by atoms with Crippen molar-refractivity contribution in [1.29, 1.82) is 0 Å². The number of hydrogen-bond acceptors (Lipinski definition) is 9. The van der Waals surface area contributed by atoms with E-state index >= 15 is 0 Å². The van der Waals surface area contributed by atoms with Crippen LogP contribution < -0.4 is 48.3 Å². The van der Waals surface area contributed by atoms with E-state index in [1.807, 2.05) is 0 Å². The van der Waals surface area contributed by atoms with Crippen LogP contribution >= 0.6 is 0 Å². The molecular weight excluding hydrogens is 434 g/mol. The zero-order valence-corrected chi connectivity index (χ0v) is 21.1. The first kappa shape index (κ1) is 28.9. The molecular formula is C23H57N9O2. The molecule has 3 rings (SSSR count). The highest BCUT2D eigenvalue weighted by Crippen LogP contribution is 2.12. The minimum absolute atomic E-state index is 0. The Morgan fingerprint density at radius 2 is 1.18 bits per heavy atom. The first-order valence-corrected chi connectivity index (χ1v) is 13.0. The molecule has 0 atom stereocenters. The van der Waals surface area contributed by atoms with Gasteiger partial charge in [0.15, 0.2) is 0 Å². The Hall–Kier alpha value is -1.34. The molecule has 34 heavy (non-hydrogen) atoms. The van der Waals surface area contributed by atoms with Gasteiger partial charge in [-0.3, -0.25) is 9.59 Å². The SMILES string of the molecule is CC12CNCCNCC(NC(=O)CCCC(=O)NCCCN)(CNCCNC1)CNCCNC2.[HH].[HH].[HH].[HH]. The smallest absolute Gasteiger partial charge is 0.220 e. The first-order chi connectivity index (χ1) is 16.5. The van der Waals surface area contributed by atoms with Crippen molar-refractivity contribution >= 4 is 11.8 Å². The molecule has 3 saturated heterocycles. The summed E-state index contributed by atoms with van der Waals surface area (Å²) >= 11 is 0. The van der Waals surface area contributed by atoms with Crippen LogP contribution in [0, 0.1) is 5.41 Å². The monoisotopic (exact) mass is 491 g/mol. The Balaban J connectivity index is -0.00000306. The van der Waals surface area contributed by atoms with Crippen LogP contribution in [0.5, 0.6) is 0 Å². The van der Waals surface area contributed by atoms with Gasteiger partial charge in [-0.2, -0.15) is 0 Å². The number of rotatable bonds is 8. The van der Waals surface area contributed by atoms with Gasteiger partial charge in [0.1, 0.15) is 0 Å². The summed E-state index contributed by atoms with van der Waals surface area (Å²) in [6.45, 7) is 13.4. The van der Waals surface area contributed by atoms with Crippen LogP contribution in [0.3, 0.4) is 0 Å². The molecule has 3 fully saturated rings. The van der Waals surface area contributed by atoms with Gasteiger partial charge in [-0.05, 0) is 19.4 Å². The van der Waals surface area contributed by atoms with Crippen molar-refractivity contribution in [2.24, 2.45) is 11.1 Å². The van der Waals surface area contributed by atoms with Gasteiger partial charge in [0, 0.05) is 109 Å². The topological polar surface area (TPSA) is 156 Å². The second-order valence-electron chi connectivity index (χ2n) is 10.0. The molecule has 0 aromatic rings. The third-order valence-electron chi connectivity index (χ3n) is 6.40. The Kier molecular flexibility index (Phi) is 13.9. The van der Waals surface area contributed by atoms with E-state index in [2.05, 4.69) is 49.5 Å².